The minimum absolute atomic E-state index is 0.102. The Kier molecular flexibility index (Phi) is 4.71. The molecular weight excluding hydrogens is 352 g/mol. The lowest BCUT2D eigenvalue weighted by atomic mass is 9.80. The summed E-state index contributed by atoms with van der Waals surface area (Å²) in [5, 5.41) is 3.70. The van der Waals surface area contributed by atoms with Gasteiger partial charge in [0, 0.05) is 31.1 Å². The van der Waals surface area contributed by atoms with Gasteiger partial charge in [-0.3, -0.25) is 4.90 Å². The van der Waals surface area contributed by atoms with Crippen molar-refractivity contribution in [3.05, 3.63) is 78.1 Å². The van der Waals surface area contributed by atoms with Crippen molar-refractivity contribution in [1.82, 2.24) is 10.2 Å². The van der Waals surface area contributed by atoms with Gasteiger partial charge in [0.1, 0.15) is 22.9 Å². The van der Waals surface area contributed by atoms with Gasteiger partial charge in [-0.25, -0.2) is 0 Å². The highest BCUT2D eigenvalue weighted by molar-refractivity contribution is 5.39. The molecule has 1 spiro atoms. The molecule has 1 N–H and O–H groups in total. The predicted octanol–water partition coefficient (Wildman–Crippen LogP) is 4.52. The van der Waals surface area contributed by atoms with E-state index in [1.165, 1.54) is 5.56 Å². The molecule has 146 valence electrons. The minimum atomic E-state index is -0.102. The second-order valence-corrected chi connectivity index (χ2v) is 7.90. The Balaban J connectivity index is 1.29. The summed E-state index contributed by atoms with van der Waals surface area (Å²) in [6.07, 6.45) is 6.52. The van der Waals surface area contributed by atoms with Gasteiger partial charge in [-0.1, -0.05) is 18.2 Å². The van der Waals surface area contributed by atoms with E-state index in [2.05, 4.69) is 34.5 Å². The van der Waals surface area contributed by atoms with Crippen LogP contribution >= 0.6 is 0 Å². The number of fused-ring (bicyclic) bond motifs is 1. The quantitative estimate of drug-likeness (QED) is 0.707. The Bertz CT molecular complexity index is 880. The molecule has 1 atom stereocenters. The zero-order valence-corrected chi connectivity index (χ0v) is 16.0. The zero-order chi connectivity index (χ0) is 18.8. The molecule has 1 fully saturated rings. The summed E-state index contributed by atoms with van der Waals surface area (Å²) < 4.78 is 17.6. The van der Waals surface area contributed by atoms with E-state index >= 15 is 0 Å². The Labute approximate surface area is 165 Å². The molecule has 2 aromatic heterocycles. The first-order chi connectivity index (χ1) is 13.8. The number of nitrogens with zero attached hydrogens (tertiary/aromatic N) is 1. The smallest absolute Gasteiger partial charge is 0.124 e. The van der Waals surface area contributed by atoms with Crippen molar-refractivity contribution in [3.63, 3.8) is 0 Å². The van der Waals surface area contributed by atoms with E-state index in [4.69, 9.17) is 13.6 Å². The first-order valence-corrected chi connectivity index (χ1v) is 10.1. The van der Waals surface area contributed by atoms with Crippen molar-refractivity contribution in [1.29, 1.82) is 0 Å². The van der Waals surface area contributed by atoms with Crippen molar-refractivity contribution in [2.24, 2.45) is 0 Å². The number of nitrogens with one attached hydrogen (secondary N) is 1. The van der Waals surface area contributed by atoms with E-state index in [0.29, 0.717) is 0 Å². The summed E-state index contributed by atoms with van der Waals surface area (Å²) in [4.78, 5) is 2.46. The Morgan fingerprint density at radius 1 is 0.929 bits per heavy atom. The van der Waals surface area contributed by atoms with E-state index in [1.54, 1.807) is 12.5 Å². The summed E-state index contributed by atoms with van der Waals surface area (Å²) >= 11 is 0. The Morgan fingerprint density at radius 2 is 1.68 bits per heavy atom. The topological polar surface area (TPSA) is 50.8 Å². The highest BCUT2D eigenvalue weighted by Crippen LogP contribution is 2.44. The molecule has 3 aromatic rings. The van der Waals surface area contributed by atoms with Crippen molar-refractivity contribution in [2.75, 3.05) is 13.1 Å². The average molecular weight is 378 g/mol. The Morgan fingerprint density at radius 3 is 2.43 bits per heavy atom. The molecule has 0 aliphatic carbocycles. The molecular formula is C23H26N2O3. The van der Waals surface area contributed by atoms with Crippen LogP contribution in [0.5, 0.6) is 5.75 Å². The maximum Gasteiger partial charge on any atom is 0.124 e. The van der Waals surface area contributed by atoms with Gasteiger partial charge in [0.25, 0.3) is 0 Å². The van der Waals surface area contributed by atoms with Crippen LogP contribution in [0, 0.1) is 0 Å². The molecule has 0 saturated carbocycles. The number of likely N-dealkylation sites (tertiary alicyclic amines) is 1. The van der Waals surface area contributed by atoms with Crippen LogP contribution in [0.1, 0.15) is 42.4 Å². The fourth-order valence-electron chi connectivity index (χ4n) is 4.49. The van der Waals surface area contributed by atoms with Crippen LogP contribution in [0.15, 0.2) is 69.9 Å². The van der Waals surface area contributed by atoms with Crippen LogP contribution in [0.2, 0.25) is 0 Å². The molecule has 2 aliphatic rings. The van der Waals surface area contributed by atoms with E-state index in [0.717, 1.165) is 62.7 Å². The highest BCUT2D eigenvalue weighted by atomic mass is 16.5. The minimum Gasteiger partial charge on any atom is -0.487 e. The van der Waals surface area contributed by atoms with Crippen LogP contribution in [-0.2, 0) is 13.1 Å². The van der Waals surface area contributed by atoms with Crippen molar-refractivity contribution in [2.45, 2.75) is 44.0 Å². The molecule has 4 heterocycles. The third-order valence-electron chi connectivity index (χ3n) is 6.03. The van der Waals surface area contributed by atoms with Crippen molar-refractivity contribution in [3.8, 4) is 5.75 Å². The summed E-state index contributed by atoms with van der Waals surface area (Å²) in [6, 6.07) is 16.7. The molecule has 5 nitrogen and oxygen atoms in total. The number of piperidine rings is 1. The zero-order valence-electron chi connectivity index (χ0n) is 16.0. The Hall–Kier alpha value is -2.50. The molecule has 0 unspecified atom stereocenters. The van der Waals surface area contributed by atoms with Crippen LogP contribution in [-0.4, -0.2) is 23.6 Å². The first kappa shape index (κ1) is 17.6. The molecule has 1 saturated heterocycles. The second-order valence-electron chi connectivity index (χ2n) is 7.90. The fourth-order valence-corrected chi connectivity index (χ4v) is 4.49. The number of furan rings is 2. The monoisotopic (exact) mass is 378 g/mol. The van der Waals surface area contributed by atoms with E-state index in [-0.39, 0.29) is 11.6 Å². The molecule has 28 heavy (non-hydrogen) atoms. The molecule has 0 radical (unpaired) electrons. The average Bonchev–Trinajstić information content (AvgIpc) is 3.42. The van der Waals surface area contributed by atoms with Crippen molar-refractivity contribution >= 4 is 0 Å². The lowest BCUT2D eigenvalue weighted by molar-refractivity contribution is -0.0284. The molecule has 1 aromatic carbocycles. The number of rotatable bonds is 5. The number of hydrogen-bond acceptors (Lipinski definition) is 5. The summed E-state index contributed by atoms with van der Waals surface area (Å²) in [6.45, 7) is 3.65. The van der Waals surface area contributed by atoms with E-state index in [9.17, 15) is 0 Å². The van der Waals surface area contributed by atoms with Crippen molar-refractivity contribution < 1.29 is 13.6 Å². The number of benzene rings is 1. The van der Waals surface area contributed by atoms with Crippen LogP contribution in [0.4, 0.5) is 0 Å². The van der Waals surface area contributed by atoms with Gasteiger partial charge >= 0.3 is 0 Å². The molecule has 0 amide bonds. The third-order valence-corrected chi connectivity index (χ3v) is 6.03. The number of para-hydroxylation sites is 1. The van der Waals surface area contributed by atoms with Gasteiger partial charge in [-0.2, -0.15) is 0 Å². The molecule has 5 rings (SSSR count). The first-order valence-electron chi connectivity index (χ1n) is 10.1. The third kappa shape index (κ3) is 3.60. The second kappa shape index (κ2) is 7.49. The van der Waals surface area contributed by atoms with Gasteiger partial charge in [0.05, 0.1) is 25.6 Å². The lowest BCUT2D eigenvalue weighted by Crippen LogP contribution is -2.51. The lowest BCUT2D eigenvalue weighted by Gasteiger charge is -2.47. The number of ether oxygens (including phenoxy) is 1. The van der Waals surface area contributed by atoms with Gasteiger partial charge in [-0.05, 0) is 43.2 Å². The van der Waals surface area contributed by atoms with Crippen LogP contribution < -0.4 is 10.1 Å². The van der Waals surface area contributed by atoms with Gasteiger partial charge < -0.3 is 18.9 Å². The van der Waals surface area contributed by atoms with Crippen LogP contribution in [0.25, 0.3) is 0 Å². The largest absolute Gasteiger partial charge is 0.487 e. The maximum absolute atomic E-state index is 6.60. The summed E-state index contributed by atoms with van der Waals surface area (Å²) in [7, 11) is 0. The van der Waals surface area contributed by atoms with Gasteiger partial charge in [0.2, 0.25) is 0 Å². The van der Waals surface area contributed by atoms with E-state index < -0.39 is 0 Å². The predicted molar refractivity (Wildman–Crippen MR) is 106 cm³/mol. The maximum atomic E-state index is 6.60. The fraction of sp³-hybridized carbons (Fsp3) is 0.391. The molecule has 2 aliphatic heterocycles. The standard InChI is InChI=1S/C23H26N2O3/c1-2-8-22-20(7-1)21(24-16-18-5-3-13-26-18)15-23(28-22)9-11-25(12-10-23)17-19-6-4-14-27-19/h1-8,13-14,21,24H,9-12,15-17H2/t21-/m0/s1. The number of hydrogen-bond donors (Lipinski definition) is 1. The highest BCUT2D eigenvalue weighted by Gasteiger charge is 2.43. The summed E-state index contributed by atoms with van der Waals surface area (Å²) in [5.41, 5.74) is 1.15. The SMILES string of the molecule is c1coc(CN[C@H]2CC3(CCN(Cc4ccco4)CC3)Oc3ccccc32)c1. The van der Waals surface area contributed by atoms with Gasteiger partial charge in [-0.15, -0.1) is 0 Å². The summed E-state index contributed by atoms with van der Waals surface area (Å²) in [5.74, 6) is 3.01. The van der Waals surface area contributed by atoms with Gasteiger partial charge in [0.15, 0.2) is 0 Å². The van der Waals surface area contributed by atoms with E-state index in [1.807, 2.05) is 24.3 Å². The molecule has 0 bridgehead atoms. The normalized spacial score (nSPS) is 21.4. The molecule has 5 heteroatoms. The van der Waals surface area contributed by atoms with Crippen LogP contribution in [0.3, 0.4) is 0 Å².